The van der Waals surface area contributed by atoms with Crippen molar-refractivity contribution in [1.29, 1.82) is 0 Å². The number of ether oxygens (including phenoxy) is 1. The van der Waals surface area contributed by atoms with Crippen molar-refractivity contribution >= 4 is 0 Å². The van der Waals surface area contributed by atoms with Gasteiger partial charge in [0.15, 0.2) is 0 Å². The van der Waals surface area contributed by atoms with Crippen LogP contribution in [0.2, 0.25) is 0 Å². The van der Waals surface area contributed by atoms with Gasteiger partial charge in [0.25, 0.3) is 0 Å². The maximum atomic E-state index is 5.88. The van der Waals surface area contributed by atoms with Gasteiger partial charge in [0.05, 0.1) is 18.2 Å². The molecule has 3 atom stereocenters. The third kappa shape index (κ3) is 2.36. The molecule has 0 radical (unpaired) electrons. The van der Waals surface area contributed by atoms with Crippen molar-refractivity contribution in [3.05, 3.63) is 30.1 Å². The van der Waals surface area contributed by atoms with Crippen molar-refractivity contribution in [2.24, 2.45) is 0 Å². The fourth-order valence-electron chi connectivity index (χ4n) is 2.21. The van der Waals surface area contributed by atoms with Crippen molar-refractivity contribution in [2.45, 2.75) is 38.0 Å². The minimum atomic E-state index is 0.267. The Morgan fingerprint density at radius 3 is 2.93 bits per heavy atom. The summed E-state index contributed by atoms with van der Waals surface area (Å²) in [6.07, 6.45) is 6.67. The Kier molecular flexibility index (Phi) is 3.34. The Hall–Kier alpha value is -0.930. The Balaban J connectivity index is 2.11. The molecule has 15 heavy (non-hydrogen) atoms. The van der Waals surface area contributed by atoms with E-state index in [9.17, 15) is 0 Å². The zero-order valence-corrected chi connectivity index (χ0v) is 9.31. The van der Waals surface area contributed by atoms with Crippen LogP contribution < -0.4 is 5.32 Å². The summed E-state index contributed by atoms with van der Waals surface area (Å²) in [5.74, 6) is 0. The highest BCUT2D eigenvalue weighted by Gasteiger charge is 2.29. The Morgan fingerprint density at radius 2 is 2.40 bits per heavy atom. The van der Waals surface area contributed by atoms with Crippen molar-refractivity contribution in [3.63, 3.8) is 0 Å². The minimum Gasteiger partial charge on any atom is -0.373 e. The maximum absolute atomic E-state index is 5.88. The monoisotopic (exact) mass is 206 g/mol. The quantitative estimate of drug-likeness (QED) is 0.820. The molecule has 2 rings (SSSR count). The van der Waals surface area contributed by atoms with Crippen LogP contribution in [0.5, 0.6) is 0 Å². The normalized spacial score (nSPS) is 27.9. The van der Waals surface area contributed by atoms with Crippen LogP contribution in [0.1, 0.15) is 31.4 Å². The van der Waals surface area contributed by atoms with Crippen molar-refractivity contribution in [1.82, 2.24) is 10.3 Å². The average molecular weight is 206 g/mol. The molecule has 0 spiro atoms. The van der Waals surface area contributed by atoms with Crippen LogP contribution >= 0.6 is 0 Å². The number of rotatable bonds is 3. The van der Waals surface area contributed by atoms with E-state index in [2.05, 4.69) is 23.3 Å². The summed E-state index contributed by atoms with van der Waals surface area (Å²) in [6, 6.07) is 4.34. The predicted molar refractivity (Wildman–Crippen MR) is 59.6 cm³/mol. The molecule has 1 aliphatic rings. The van der Waals surface area contributed by atoms with E-state index in [0.29, 0.717) is 6.10 Å². The first-order valence-corrected chi connectivity index (χ1v) is 5.54. The molecule has 0 amide bonds. The fraction of sp³-hybridized carbons (Fsp3) is 0.583. The van der Waals surface area contributed by atoms with Crippen LogP contribution in [0.15, 0.2) is 24.5 Å². The van der Waals surface area contributed by atoms with Gasteiger partial charge >= 0.3 is 0 Å². The number of hydrogen-bond acceptors (Lipinski definition) is 3. The van der Waals surface area contributed by atoms with E-state index < -0.39 is 0 Å². The number of nitrogens with zero attached hydrogens (tertiary/aromatic N) is 1. The molecule has 3 heteroatoms. The average Bonchev–Trinajstić information content (AvgIpc) is 2.68. The molecular weight excluding hydrogens is 188 g/mol. The molecule has 0 saturated carbocycles. The third-order valence-electron chi connectivity index (χ3n) is 2.99. The number of hydrogen-bond donors (Lipinski definition) is 1. The molecule has 0 bridgehead atoms. The lowest BCUT2D eigenvalue weighted by atomic mass is 10.0. The first-order chi connectivity index (χ1) is 7.31. The first kappa shape index (κ1) is 10.6. The highest BCUT2D eigenvalue weighted by molar-refractivity contribution is 5.15. The van der Waals surface area contributed by atoms with E-state index in [1.165, 1.54) is 5.56 Å². The molecule has 82 valence electrons. The second-order valence-corrected chi connectivity index (χ2v) is 4.12. The second-order valence-electron chi connectivity index (χ2n) is 4.12. The van der Waals surface area contributed by atoms with Crippen LogP contribution in [0, 0.1) is 0 Å². The number of aromatic nitrogens is 1. The molecule has 1 N–H and O–H groups in total. The van der Waals surface area contributed by atoms with Crippen LogP contribution in [0.3, 0.4) is 0 Å². The highest BCUT2D eigenvalue weighted by atomic mass is 16.5. The maximum Gasteiger partial charge on any atom is 0.0774 e. The largest absolute Gasteiger partial charge is 0.373 e. The van der Waals surface area contributed by atoms with E-state index in [-0.39, 0.29) is 12.1 Å². The highest BCUT2D eigenvalue weighted by Crippen LogP contribution is 2.29. The zero-order chi connectivity index (χ0) is 10.7. The van der Waals surface area contributed by atoms with Gasteiger partial charge in [-0.1, -0.05) is 6.07 Å². The van der Waals surface area contributed by atoms with Crippen molar-refractivity contribution < 1.29 is 4.74 Å². The molecule has 0 aromatic carbocycles. The molecule has 1 aliphatic heterocycles. The Morgan fingerprint density at radius 1 is 1.53 bits per heavy atom. The van der Waals surface area contributed by atoms with Crippen LogP contribution in [-0.2, 0) is 4.74 Å². The van der Waals surface area contributed by atoms with E-state index >= 15 is 0 Å². The fourth-order valence-corrected chi connectivity index (χ4v) is 2.21. The van der Waals surface area contributed by atoms with Gasteiger partial charge in [-0.25, -0.2) is 0 Å². The van der Waals surface area contributed by atoms with Gasteiger partial charge in [0.2, 0.25) is 0 Å². The van der Waals surface area contributed by atoms with Gasteiger partial charge in [-0.05, 0) is 38.4 Å². The van der Waals surface area contributed by atoms with Gasteiger partial charge in [-0.2, -0.15) is 0 Å². The standard InChI is InChI=1S/C12H18N2O/c1-9-5-6-11(15-9)12(13-2)10-4-3-7-14-8-10/h3-4,7-9,11-13H,5-6H2,1-2H3. The molecule has 1 saturated heterocycles. The molecule has 3 unspecified atom stereocenters. The number of nitrogens with one attached hydrogen (secondary N) is 1. The molecule has 1 fully saturated rings. The first-order valence-electron chi connectivity index (χ1n) is 5.54. The molecule has 3 nitrogen and oxygen atoms in total. The topological polar surface area (TPSA) is 34.2 Å². The van der Waals surface area contributed by atoms with E-state index in [4.69, 9.17) is 4.74 Å². The lowest BCUT2D eigenvalue weighted by Gasteiger charge is -2.23. The zero-order valence-electron chi connectivity index (χ0n) is 9.31. The second kappa shape index (κ2) is 4.73. The summed E-state index contributed by atoms with van der Waals surface area (Å²) in [5.41, 5.74) is 1.21. The molecule has 2 heterocycles. The lowest BCUT2D eigenvalue weighted by molar-refractivity contribution is 0.0332. The summed E-state index contributed by atoms with van der Waals surface area (Å²) in [5, 5.41) is 3.32. The SMILES string of the molecule is CNC(c1cccnc1)C1CCC(C)O1. The summed E-state index contributed by atoms with van der Waals surface area (Å²) >= 11 is 0. The van der Waals surface area contributed by atoms with Crippen molar-refractivity contribution in [2.75, 3.05) is 7.05 Å². The van der Waals surface area contributed by atoms with Gasteiger partial charge in [0, 0.05) is 12.4 Å². The number of pyridine rings is 1. The van der Waals surface area contributed by atoms with Crippen LogP contribution in [0.25, 0.3) is 0 Å². The summed E-state index contributed by atoms with van der Waals surface area (Å²) < 4.78 is 5.88. The minimum absolute atomic E-state index is 0.267. The lowest BCUT2D eigenvalue weighted by Crippen LogP contribution is -2.29. The molecule has 1 aromatic rings. The predicted octanol–water partition coefficient (Wildman–Crippen LogP) is 1.91. The molecular formula is C12H18N2O. The van der Waals surface area contributed by atoms with Crippen LogP contribution in [-0.4, -0.2) is 24.2 Å². The smallest absolute Gasteiger partial charge is 0.0774 e. The van der Waals surface area contributed by atoms with Gasteiger partial charge in [-0.3, -0.25) is 4.98 Å². The molecule has 1 aromatic heterocycles. The van der Waals surface area contributed by atoms with Gasteiger partial charge in [0.1, 0.15) is 0 Å². The van der Waals surface area contributed by atoms with Crippen molar-refractivity contribution in [3.8, 4) is 0 Å². The van der Waals surface area contributed by atoms with Gasteiger partial charge in [-0.15, -0.1) is 0 Å². The summed E-state index contributed by atoms with van der Waals surface area (Å²) in [7, 11) is 1.98. The van der Waals surface area contributed by atoms with E-state index in [0.717, 1.165) is 12.8 Å². The summed E-state index contributed by atoms with van der Waals surface area (Å²) in [4.78, 5) is 4.15. The van der Waals surface area contributed by atoms with E-state index in [1.54, 1.807) is 6.20 Å². The molecule has 0 aliphatic carbocycles. The van der Waals surface area contributed by atoms with Crippen LogP contribution in [0.4, 0.5) is 0 Å². The third-order valence-corrected chi connectivity index (χ3v) is 2.99. The number of likely N-dealkylation sites (N-methyl/N-ethyl adjacent to an activating group) is 1. The van der Waals surface area contributed by atoms with Gasteiger partial charge < -0.3 is 10.1 Å². The summed E-state index contributed by atoms with van der Waals surface area (Å²) in [6.45, 7) is 2.13. The Bertz CT molecular complexity index is 302. The van der Waals surface area contributed by atoms with E-state index in [1.807, 2.05) is 19.3 Å². The Labute approximate surface area is 90.9 Å².